The van der Waals surface area contributed by atoms with Crippen LogP contribution in [0.1, 0.15) is 58.9 Å². The molecule has 4 amide bonds. The van der Waals surface area contributed by atoms with E-state index in [1.54, 1.807) is 26.2 Å². The van der Waals surface area contributed by atoms with E-state index in [-0.39, 0.29) is 55.9 Å². The standard InChI is InChI=1S/C33H38F3N7O3.C8H18N2O/c1-3-26(38-30(45)15-37-2)33(46)42-10-4-5-22(42)14-25-24-8-6-19(34)12-27(24)39-31(25)32-40-28-13-20(35)7-9-29(28)43(32)17-23-11-21(36)16-41(23)18-44;1-6(2)7(3)10-8(11)5-9-4/h6-9,12-13,18,21-23,26,37,39H,3-5,10-11,14-17H2,1-2H3,(H,38,45);6-7,9H,5H2,1-4H3,(H,10,11). The number of imidazole rings is 1. The highest BCUT2D eigenvalue weighted by Gasteiger charge is 2.36. The van der Waals surface area contributed by atoms with E-state index in [9.17, 15) is 32.3 Å². The van der Waals surface area contributed by atoms with Crippen molar-refractivity contribution in [1.82, 2.24) is 45.6 Å². The number of likely N-dealkylation sites (tertiary alicyclic amines) is 2. The Balaban J connectivity index is 0.000000493. The van der Waals surface area contributed by atoms with Crippen LogP contribution in [0.4, 0.5) is 13.2 Å². The van der Waals surface area contributed by atoms with Gasteiger partial charge < -0.3 is 40.6 Å². The lowest BCUT2D eigenvalue weighted by molar-refractivity contribution is -0.137. The second kappa shape index (κ2) is 19.5. The zero-order valence-corrected chi connectivity index (χ0v) is 33.6. The summed E-state index contributed by atoms with van der Waals surface area (Å²) in [6, 6.07) is 7.70. The maximum atomic E-state index is 14.5. The second-order valence-corrected chi connectivity index (χ2v) is 15.4. The van der Waals surface area contributed by atoms with Gasteiger partial charge in [0.1, 0.15) is 23.8 Å². The van der Waals surface area contributed by atoms with Crippen LogP contribution >= 0.6 is 0 Å². The summed E-state index contributed by atoms with van der Waals surface area (Å²) in [4.78, 5) is 60.2. The van der Waals surface area contributed by atoms with Crippen LogP contribution in [0.2, 0.25) is 0 Å². The quantitative estimate of drug-likeness (QED) is 0.114. The fourth-order valence-corrected chi connectivity index (χ4v) is 7.66. The van der Waals surface area contributed by atoms with Crippen LogP contribution in [0.15, 0.2) is 36.4 Å². The SMILES string of the molecule is CCC(NC(=O)CNC)C(=O)N1CCCC1Cc1c(-c2nc3cc(F)ccc3n2CC2CC(F)CN2C=O)[nH]c2cc(F)ccc12.CNCC(=O)NC(C)C(C)C. The van der Waals surface area contributed by atoms with Crippen molar-refractivity contribution in [2.75, 3.05) is 40.3 Å². The molecule has 0 saturated carbocycles. The lowest BCUT2D eigenvalue weighted by Crippen LogP contribution is -2.51. The van der Waals surface area contributed by atoms with Crippen LogP contribution in [0.25, 0.3) is 33.5 Å². The number of nitrogens with one attached hydrogen (secondary N) is 5. The second-order valence-electron chi connectivity index (χ2n) is 15.4. The molecule has 0 bridgehead atoms. The van der Waals surface area contributed by atoms with E-state index in [2.05, 4.69) is 40.1 Å². The van der Waals surface area contributed by atoms with Gasteiger partial charge in [0.25, 0.3) is 0 Å². The van der Waals surface area contributed by atoms with Gasteiger partial charge in [-0.25, -0.2) is 18.2 Å². The Kier molecular flexibility index (Phi) is 14.7. The molecule has 5 N–H and O–H groups in total. The monoisotopic (exact) mass is 795 g/mol. The van der Waals surface area contributed by atoms with E-state index < -0.39 is 29.9 Å². The van der Waals surface area contributed by atoms with Crippen LogP contribution in [-0.4, -0.2) is 119 Å². The van der Waals surface area contributed by atoms with Gasteiger partial charge in [-0.05, 0) is 88.5 Å². The summed E-state index contributed by atoms with van der Waals surface area (Å²) in [5.41, 5.74) is 2.93. The summed E-state index contributed by atoms with van der Waals surface area (Å²) in [5, 5.41) is 12.1. The third-order valence-corrected chi connectivity index (χ3v) is 10.9. The zero-order valence-electron chi connectivity index (χ0n) is 33.6. The van der Waals surface area contributed by atoms with Gasteiger partial charge in [-0.15, -0.1) is 0 Å². The van der Waals surface area contributed by atoms with Crippen molar-refractivity contribution in [3.63, 3.8) is 0 Å². The van der Waals surface area contributed by atoms with Gasteiger partial charge in [-0.2, -0.15) is 0 Å². The van der Waals surface area contributed by atoms with Crippen molar-refractivity contribution in [2.45, 2.75) is 96.7 Å². The molecule has 2 fully saturated rings. The summed E-state index contributed by atoms with van der Waals surface area (Å²) in [6.07, 6.45) is 2.03. The van der Waals surface area contributed by atoms with Crippen LogP contribution in [0.3, 0.4) is 0 Å². The number of carbonyl (C=O) groups excluding carboxylic acids is 4. The number of hydrogen-bond donors (Lipinski definition) is 5. The number of fused-ring (bicyclic) bond motifs is 2. The fraction of sp³-hybridized carbons (Fsp3) is 0.537. The topological polar surface area (TPSA) is 156 Å². The number of alkyl halides is 1. The lowest BCUT2D eigenvalue weighted by atomic mass is 9.99. The Morgan fingerprint density at radius 2 is 1.67 bits per heavy atom. The highest BCUT2D eigenvalue weighted by atomic mass is 19.1. The molecule has 0 spiro atoms. The number of aromatic amines is 1. The number of halogens is 3. The van der Waals surface area contributed by atoms with Gasteiger partial charge >= 0.3 is 0 Å². The first-order valence-corrected chi connectivity index (χ1v) is 19.8. The minimum Gasteiger partial charge on any atom is -0.352 e. The Hall–Kier alpha value is -4.96. The summed E-state index contributed by atoms with van der Waals surface area (Å²) in [6.45, 7) is 9.31. The molecule has 2 aliphatic heterocycles. The summed E-state index contributed by atoms with van der Waals surface area (Å²) < 4.78 is 45.1. The fourth-order valence-electron chi connectivity index (χ4n) is 7.66. The smallest absolute Gasteiger partial charge is 0.245 e. The van der Waals surface area contributed by atoms with Crippen molar-refractivity contribution in [3.05, 3.63) is 53.6 Å². The number of H-pyrrole nitrogens is 1. The molecule has 4 aromatic rings. The van der Waals surface area contributed by atoms with E-state index in [0.29, 0.717) is 66.3 Å². The Labute approximate surface area is 331 Å². The van der Waals surface area contributed by atoms with Crippen molar-refractivity contribution in [2.24, 2.45) is 5.92 Å². The average molecular weight is 796 g/mol. The number of likely N-dealkylation sites (N-methyl/N-ethyl adjacent to an activating group) is 2. The largest absolute Gasteiger partial charge is 0.352 e. The third kappa shape index (κ3) is 10.3. The molecule has 57 heavy (non-hydrogen) atoms. The average Bonchev–Trinajstić information content (AvgIpc) is 3.95. The normalized spacial score (nSPS) is 19.2. The Morgan fingerprint density at radius 1 is 0.982 bits per heavy atom. The predicted molar refractivity (Wildman–Crippen MR) is 214 cm³/mol. The first-order chi connectivity index (χ1) is 27.3. The third-order valence-electron chi connectivity index (χ3n) is 10.9. The molecule has 5 atom stereocenters. The van der Waals surface area contributed by atoms with Crippen LogP contribution in [0, 0.1) is 17.6 Å². The first kappa shape index (κ1) is 43.2. The van der Waals surface area contributed by atoms with E-state index in [0.717, 1.165) is 23.8 Å². The van der Waals surface area contributed by atoms with Crippen LogP contribution in [-0.2, 0) is 32.1 Å². The van der Waals surface area contributed by atoms with Crippen molar-refractivity contribution < 1.29 is 32.3 Å². The number of amides is 4. The summed E-state index contributed by atoms with van der Waals surface area (Å²) in [5.74, 6) is -0.296. The molecule has 6 rings (SSSR count). The molecule has 4 heterocycles. The first-order valence-electron chi connectivity index (χ1n) is 19.8. The van der Waals surface area contributed by atoms with Crippen molar-refractivity contribution in [1.29, 1.82) is 0 Å². The van der Waals surface area contributed by atoms with Crippen molar-refractivity contribution >= 4 is 46.1 Å². The molecule has 13 nitrogen and oxygen atoms in total. The molecule has 16 heteroatoms. The summed E-state index contributed by atoms with van der Waals surface area (Å²) in [7, 11) is 3.43. The highest BCUT2D eigenvalue weighted by molar-refractivity contribution is 5.92. The molecule has 310 valence electrons. The molecule has 2 aliphatic rings. The molecule has 0 radical (unpaired) electrons. The number of benzene rings is 2. The molecule has 2 saturated heterocycles. The minimum absolute atomic E-state index is 0.00137. The van der Waals surface area contributed by atoms with Gasteiger partial charge in [-0.1, -0.05) is 20.8 Å². The van der Waals surface area contributed by atoms with Crippen LogP contribution < -0.4 is 21.3 Å². The van der Waals surface area contributed by atoms with Crippen molar-refractivity contribution in [3.8, 4) is 11.5 Å². The van der Waals surface area contributed by atoms with E-state index in [4.69, 9.17) is 4.98 Å². The van der Waals surface area contributed by atoms with Gasteiger partial charge in [0.2, 0.25) is 24.1 Å². The minimum atomic E-state index is -1.15. The number of nitrogens with zero attached hydrogens (tertiary/aromatic N) is 4. The van der Waals surface area contributed by atoms with Gasteiger partial charge in [0, 0.05) is 48.6 Å². The van der Waals surface area contributed by atoms with E-state index >= 15 is 0 Å². The number of aromatic nitrogens is 3. The Morgan fingerprint density at radius 3 is 2.33 bits per heavy atom. The Bertz CT molecular complexity index is 2030. The van der Waals surface area contributed by atoms with Gasteiger partial charge in [0.15, 0.2) is 5.82 Å². The number of carbonyl (C=O) groups is 4. The zero-order chi connectivity index (χ0) is 41.4. The van der Waals surface area contributed by atoms with E-state index in [1.165, 1.54) is 29.2 Å². The molecular formula is C41H56F3N9O4. The number of hydrogen-bond acceptors (Lipinski definition) is 7. The lowest BCUT2D eigenvalue weighted by Gasteiger charge is -2.29. The maximum absolute atomic E-state index is 14.5. The molecular weight excluding hydrogens is 740 g/mol. The summed E-state index contributed by atoms with van der Waals surface area (Å²) >= 11 is 0. The molecule has 2 aromatic heterocycles. The highest BCUT2D eigenvalue weighted by Crippen LogP contribution is 2.36. The number of rotatable bonds is 15. The van der Waals surface area contributed by atoms with E-state index in [1.807, 2.05) is 23.3 Å². The molecule has 0 aliphatic carbocycles. The maximum Gasteiger partial charge on any atom is 0.245 e. The van der Waals surface area contributed by atoms with Gasteiger partial charge in [-0.3, -0.25) is 19.2 Å². The van der Waals surface area contributed by atoms with Crippen LogP contribution in [0.5, 0.6) is 0 Å². The molecule has 5 unspecified atom stereocenters. The van der Waals surface area contributed by atoms with Gasteiger partial charge in [0.05, 0.1) is 42.4 Å². The molecule has 2 aromatic carbocycles. The predicted octanol–water partition coefficient (Wildman–Crippen LogP) is 4.05.